The van der Waals surface area contributed by atoms with E-state index in [9.17, 15) is 4.79 Å². The van der Waals surface area contributed by atoms with Gasteiger partial charge in [0.1, 0.15) is 0 Å². The van der Waals surface area contributed by atoms with Crippen LogP contribution in [0.15, 0.2) is 70.9 Å². The van der Waals surface area contributed by atoms with Gasteiger partial charge in [-0.15, -0.1) is 0 Å². The zero-order valence-electron chi connectivity index (χ0n) is 15.0. The average molecular weight is 386 g/mol. The maximum atomic E-state index is 12.7. The monoisotopic (exact) mass is 385 g/mol. The number of ketones is 1. The van der Waals surface area contributed by atoms with E-state index < -0.39 is 0 Å². The number of rotatable bonds is 4. The highest BCUT2D eigenvalue weighted by atomic mass is 35.5. The summed E-state index contributed by atoms with van der Waals surface area (Å²) < 4.78 is 0. The van der Waals surface area contributed by atoms with E-state index in [0.717, 1.165) is 33.7 Å². The summed E-state index contributed by atoms with van der Waals surface area (Å²) in [6.07, 6.45) is 4.44. The van der Waals surface area contributed by atoms with E-state index in [0.29, 0.717) is 30.1 Å². The SMILES string of the molecule is O=C(Cc1cccc(Cl)c1)C1=Nc2cc3c(cc2C1)CN=C3c1ccncc1. The maximum absolute atomic E-state index is 12.7. The largest absolute Gasteiger partial charge is 0.292 e. The fraction of sp³-hybridized carbons (Fsp3) is 0.130. The van der Waals surface area contributed by atoms with Crippen molar-refractivity contribution < 1.29 is 4.79 Å². The van der Waals surface area contributed by atoms with Crippen LogP contribution in [0.25, 0.3) is 0 Å². The van der Waals surface area contributed by atoms with Gasteiger partial charge in [0.15, 0.2) is 5.78 Å². The van der Waals surface area contributed by atoms with Crippen LogP contribution in [0.3, 0.4) is 0 Å². The molecule has 1 aromatic heterocycles. The Hall–Kier alpha value is -3.11. The quantitative estimate of drug-likeness (QED) is 0.662. The molecule has 2 aliphatic heterocycles. The van der Waals surface area contributed by atoms with Crippen LogP contribution in [0.5, 0.6) is 0 Å². The molecule has 136 valence electrons. The topological polar surface area (TPSA) is 54.7 Å². The smallest absolute Gasteiger partial charge is 0.181 e. The molecular weight excluding hydrogens is 370 g/mol. The molecule has 5 heteroatoms. The van der Waals surface area contributed by atoms with E-state index in [4.69, 9.17) is 16.6 Å². The van der Waals surface area contributed by atoms with Gasteiger partial charge < -0.3 is 0 Å². The number of aromatic nitrogens is 1. The number of pyridine rings is 1. The van der Waals surface area contributed by atoms with Gasteiger partial charge in [-0.25, -0.2) is 4.99 Å². The first-order valence-corrected chi connectivity index (χ1v) is 9.51. The second-order valence-corrected chi connectivity index (χ2v) is 7.44. The second kappa shape index (κ2) is 6.80. The number of aliphatic imine (C=N–C) groups is 2. The number of carbonyl (C=O) groups is 1. The molecule has 0 amide bonds. The molecule has 0 saturated carbocycles. The van der Waals surface area contributed by atoms with Crippen molar-refractivity contribution >= 4 is 34.5 Å². The molecule has 4 nitrogen and oxygen atoms in total. The van der Waals surface area contributed by atoms with Gasteiger partial charge in [0, 0.05) is 41.4 Å². The summed E-state index contributed by atoms with van der Waals surface area (Å²) in [6, 6.07) is 15.5. The Labute approximate surface area is 167 Å². The lowest BCUT2D eigenvalue weighted by Crippen LogP contribution is -2.16. The van der Waals surface area contributed by atoms with Crippen LogP contribution < -0.4 is 0 Å². The van der Waals surface area contributed by atoms with Gasteiger partial charge >= 0.3 is 0 Å². The van der Waals surface area contributed by atoms with E-state index in [1.807, 2.05) is 36.4 Å². The van der Waals surface area contributed by atoms with Crippen LogP contribution in [-0.4, -0.2) is 22.2 Å². The van der Waals surface area contributed by atoms with Crippen molar-refractivity contribution in [2.75, 3.05) is 0 Å². The van der Waals surface area contributed by atoms with Crippen molar-refractivity contribution in [3.63, 3.8) is 0 Å². The van der Waals surface area contributed by atoms with Crippen molar-refractivity contribution in [2.45, 2.75) is 19.4 Å². The van der Waals surface area contributed by atoms with Crippen molar-refractivity contribution in [1.29, 1.82) is 0 Å². The Kier molecular flexibility index (Phi) is 4.14. The predicted octanol–water partition coefficient (Wildman–Crippen LogP) is 4.53. The third kappa shape index (κ3) is 3.06. The van der Waals surface area contributed by atoms with Crippen LogP contribution in [0, 0.1) is 0 Å². The predicted molar refractivity (Wildman–Crippen MR) is 111 cm³/mol. The molecule has 2 aromatic carbocycles. The Morgan fingerprint density at radius 3 is 2.71 bits per heavy atom. The molecule has 0 radical (unpaired) electrons. The number of halogens is 1. The van der Waals surface area contributed by atoms with Crippen LogP contribution in [0.1, 0.15) is 27.8 Å². The summed E-state index contributed by atoms with van der Waals surface area (Å²) in [4.78, 5) is 26.1. The third-order valence-electron chi connectivity index (χ3n) is 5.11. The summed E-state index contributed by atoms with van der Waals surface area (Å²) in [5, 5.41) is 0.640. The zero-order valence-corrected chi connectivity index (χ0v) is 15.8. The number of Topliss-reactive ketones (excluding diaryl/α,β-unsaturated/α-hetero) is 1. The molecule has 0 N–H and O–H groups in total. The minimum atomic E-state index is 0.0432. The lowest BCUT2D eigenvalue weighted by molar-refractivity contribution is -0.112. The van der Waals surface area contributed by atoms with Gasteiger partial charge in [0.05, 0.1) is 23.7 Å². The summed E-state index contributed by atoms with van der Waals surface area (Å²) in [6.45, 7) is 0.659. The van der Waals surface area contributed by atoms with Crippen LogP contribution in [-0.2, 0) is 24.2 Å². The maximum Gasteiger partial charge on any atom is 0.181 e. The summed E-state index contributed by atoms with van der Waals surface area (Å²) in [7, 11) is 0. The van der Waals surface area contributed by atoms with Gasteiger partial charge in [-0.05, 0) is 47.0 Å². The van der Waals surface area contributed by atoms with Crippen molar-refractivity contribution in [3.05, 3.63) is 93.8 Å². The highest BCUT2D eigenvalue weighted by Crippen LogP contribution is 2.34. The number of hydrogen-bond acceptors (Lipinski definition) is 4. The van der Waals surface area contributed by atoms with Gasteiger partial charge in [-0.1, -0.05) is 29.8 Å². The Balaban J connectivity index is 1.42. The van der Waals surface area contributed by atoms with E-state index in [1.165, 1.54) is 5.56 Å². The number of benzene rings is 2. The highest BCUT2D eigenvalue weighted by molar-refractivity contribution is 6.42. The lowest BCUT2D eigenvalue weighted by Gasteiger charge is -2.06. The van der Waals surface area contributed by atoms with E-state index >= 15 is 0 Å². The Morgan fingerprint density at radius 2 is 1.89 bits per heavy atom. The first-order chi connectivity index (χ1) is 13.7. The number of carbonyl (C=O) groups excluding carboxylic acids is 1. The summed E-state index contributed by atoms with van der Waals surface area (Å²) in [5.74, 6) is 0.0432. The third-order valence-corrected chi connectivity index (χ3v) is 5.34. The fourth-order valence-electron chi connectivity index (χ4n) is 3.75. The molecule has 2 aliphatic rings. The molecule has 0 saturated heterocycles. The Bertz CT molecular complexity index is 1170. The van der Waals surface area contributed by atoms with Gasteiger partial charge in [0.25, 0.3) is 0 Å². The minimum absolute atomic E-state index is 0.0432. The van der Waals surface area contributed by atoms with E-state index in [-0.39, 0.29) is 5.78 Å². The standard InChI is InChI=1S/C23H16ClN3O/c24-18-3-1-2-14(8-18)9-22(28)21-11-16-10-17-13-26-23(15-4-6-25-7-5-15)19(17)12-20(16)27-21/h1-8,10,12H,9,11,13H2. The molecule has 3 aromatic rings. The van der Waals surface area contributed by atoms with Crippen molar-refractivity contribution in [3.8, 4) is 0 Å². The minimum Gasteiger partial charge on any atom is -0.292 e. The zero-order chi connectivity index (χ0) is 19.1. The first-order valence-electron chi connectivity index (χ1n) is 9.13. The second-order valence-electron chi connectivity index (χ2n) is 7.00. The molecule has 5 rings (SSSR count). The molecule has 28 heavy (non-hydrogen) atoms. The van der Waals surface area contributed by atoms with Crippen LogP contribution in [0.2, 0.25) is 5.02 Å². The molecular formula is C23H16ClN3O. The normalized spacial score (nSPS) is 14.3. The van der Waals surface area contributed by atoms with E-state index in [1.54, 1.807) is 12.4 Å². The molecule has 0 fully saturated rings. The lowest BCUT2D eigenvalue weighted by atomic mass is 9.96. The van der Waals surface area contributed by atoms with Gasteiger partial charge in [0.2, 0.25) is 0 Å². The van der Waals surface area contributed by atoms with Gasteiger partial charge in [-0.2, -0.15) is 0 Å². The molecule has 3 heterocycles. The molecule has 0 atom stereocenters. The van der Waals surface area contributed by atoms with E-state index in [2.05, 4.69) is 22.1 Å². The fourth-order valence-corrected chi connectivity index (χ4v) is 3.96. The van der Waals surface area contributed by atoms with Crippen LogP contribution in [0.4, 0.5) is 5.69 Å². The molecule has 0 bridgehead atoms. The Morgan fingerprint density at radius 1 is 1.04 bits per heavy atom. The number of nitrogens with zero attached hydrogens (tertiary/aromatic N) is 3. The molecule has 0 spiro atoms. The van der Waals surface area contributed by atoms with Gasteiger partial charge in [-0.3, -0.25) is 14.8 Å². The highest BCUT2D eigenvalue weighted by Gasteiger charge is 2.25. The average Bonchev–Trinajstić information content (AvgIpc) is 3.30. The van der Waals surface area contributed by atoms with Crippen LogP contribution >= 0.6 is 11.6 Å². The first kappa shape index (κ1) is 17.0. The number of fused-ring (bicyclic) bond motifs is 2. The summed E-state index contributed by atoms with van der Waals surface area (Å²) in [5.41, 5.74) is 7.78. The summed E-state index contributed by atoms with van der Waals surface area (Å²) >= 11 is 6.03. The molecule has 0 unspecified atom stereocenters. The number of hydrogen-bond donors (Lipinski definition) is 0. The molecule has 0 aliphatic carbocycles. The van der Waals surface area contributed by atoms with Crippen molar-refractivity contribution in [1.82, 2.24) is 4.98 Å². The van der Waals surface area contributed by atoms with Crippen molar-refractivity contribution in [2.24, 2.45) is 9.98 Å².